The summed E-state index contributed by atoms with van der Waals surface area (Å²) in [6.07, 6.45) is 0. The SMILES string of the molecule is CCOC(=O)c1ccc(N[C@@H]2SC(=O)NC2=O)cc1. The van der Waals surface area contributed by atoms with Gasteiger partial charge in [-0.15, -0.1) is 0 Å². The second-order valence-corrected chi connectivity index (χ2v) is 4.79. The number of anilines is 1. The van der Waals surface area contributed by atoms with Crippen LogP contribution in [-0.2, 0) is 9.53 Å². The number of benzene rings is 1. The molecule has 0 bridgehead atoms. The number of hydrogen-bond donors (Lipinski definition) is 2. The molecule has 6 nitrogen and oxygen atoms in total. The van der Waals surface area contributed by atoms with Crippen LogP contribution in [0.1, 0.15) is 17.3 Å². The molecule has 0 aromatic heterocycles. The van der Waals surface area contributed by atoms with E-state index in [1.54, 1.807) is 31.2 Å². The van der Waals surface area contributed by atoms with E-state index >= 15 is 0 Å². The normalized spacial score (nSPS) is 18.1. The monoisotopic (exact) mass is 280 g/mol. The minimum atomic E-state index is -0.638. The number of amides is 2. The molecule has 7 heteroatoms. The summed E-state index contributed by atoms with van der Waals surface area (Å²) in [5, 5.41) is 4.07. The van der Waals surface area contributed by atoms with E-state index in [9.17, 15) is 14.4 Å². The Bertz CT molecular complexity index is 515. The molecule has 1 aliphatic heterocycles. The minimum absolute atomic E-state index is 0.319. The summed E-state index contributed by atoms with van der Waals surface area (Å²) < 4.78 is 4.86. The Balaban J connectivity index is 2.01. The maximum absolute atomic E-state index is 11.4. The average molecular weight is 280 g/mol. The summed E-state index contributed by atoms with van der Waals surface area (Å²) in [7, 11) is 0. The summed E-state index contributed by atoms with van der Waals surface area (Å²) in [6, 6.07) is 6.51. The van der Waals surface area contributed by atoms with Crippen molar-refractivity contribution in [3.05, 3.63) is 29.8 Å². The van der Waals surface area contributed by atoms with E-state index in [2.05, 4.69) is 10.6 Å². The number of carbonyl (C=O) groups is 3. The smallest absolute Gasteiger partial charge is 0.338 e. The van der Waals surface area contributed by atoms with Gasteiger partial charge in [-0.2, -0.15) is 0 Å². The van der Waals surface area contributed by atoms with Crippen LogP contribution in [0.25, 0.3) is 0 Å². The molecular weight excluding hydrogens is 268 g/mol. The Hall–Kier alpha value is -2.02. The molecule has 2 amide bonds. The van der Waals surface area contributed by atoms with E-state index < -0.39 is 11.3 Å². The number of thioether (sulfide) groups is 1. The highest BCUT2D eigenvalue weighted by Crippen LogP contribution is 2.21. The fraction of sp³-hybridized carbons (Fsp3) is 0.250. The Morgan fingerprint density at radius 2 is 2.05 bits per heavy atom. The molecule has 1 heterocycles. The quantitative estimate of drug-likeness (QED) is 0.815. The highest BCUT2D eigenvalue weighted by Gasteiger charge is 2.31. The number of rotatable bonds is 4. The predicted octanol–water partition coefficient (Wildman–Crippen LogP) is 1.58. The zero-order valence-electron chi connectivity index (χ0n) is 10.1. The van der Waals surface area contributed by atoms with Gasteiger partial charge in [-0.3, -0.25) is 14.9 Å². The van der Waals surface area contributed by atoms with Gasteiger partial charge in [-0.25, -0.2) is 4.79 Å². The van der Waals surface area contributed by atoms with Crippen LogP contribution in [0.5, 0.6) is 0 Å². The molecule has 0 aliphatic carbocycles. The van der Waals surface area contributed by atoms with Crippen LogP contribution < -0.4 is 10.6 Å². The average Bonchev–Trinajstić information content (AvgIpc) is 2.69. The Morgan fingerprint density at radius 1 is 1.37 bits per heavy atom. The second-order valence-electron chi connectivity index (χ2n) is 3.72. The van der Waals surface area contributed by atoms with E-state index in [0.717, 1.165) is 11.8 Å². The van der Waals surface area contributed by atoms with Gasteiger partial charge in [0.05, 0.1) is 12.2 Å². The Labute approximate surface area is 113 Å². The number of nitrogens with one attached hydrogen (secondary N) is 2. The van der Waals surface area contributed by atoms with E-state index in [-0.39, 0.29) is 11.1 Å². The molecule has 0 radical (unpaired) electrons. The third-order valence-corrected chi connectivity index (χ3v) is 3.27. The van der Waals surface area contributed by atoms with Crippen molar-refractivity contribution >= 4 is 34.6 Å². The number of esters is 1. The molecule has 0 saturated carbocycles. The van der Waals surface area contributed by atoms with Crippen LogP contribution in [-0.4, -0.2) is 29.1 Å². The maximum Gasteiger partial charge on any atom is 0.338 e. The van der Waals surface area contributed by atoms with Crippen LogP contribution >= 0.6 is 11.8 Å². The predicted molar refractivity (Wildman–Crippen MR) is 70.9 cm³/mol. The summed E-state index contributed by atoms with van der Waals surface area (Å²) in [6.45, 7) is 2.06. The molecule has 0 unspecified atom stereocenters. The molecule has 1 aliphatic rings. The molecule has 0 spiro atoms. The fourth-order valence-electron chi connectivity index (χ4n) is 1.52. The molecule has 1 aromatic carbocycles. The van der Waals surface area contributed by atoms with E-state index in [1.807, 2.05) is 0 Å². The van der Waals surface area contributed by atoms with Crippen LogP contribution in [0.4, 0.5) is 10.5 Å². The first-order valence-corrected chi connectivity index (χ1v) is 6.53. The standard InChI is InChI=1S/C12H12N2O4S/c1-2-18-11(16)7-3-5-8(6-4-7)13-10-9(15)14-12(17)19-10/h3-6,10,13H,2H2,1H3,(H,14,15,17)/t10-/m1/s1. The summed E-state index contributed by atoms with van der Waals surface area (Å²) in [5.74, 6) is -0.762. The van der Waals surface area contributed by atoms with Gasteiger partial charge in [0.25, 0.3) is 11.1 Å². The molecule has 100 valence electrons. The third-order valence-electron chi connectivity index (χ3n) is 2.38. The van der Waals surface area contributed by atoms with E-state index in [1.165, 1.54) is 0 Å². The highest BCUT2D eigenvalue weighted by molar-refractivity contribution is 8.15. The molecule has 19 heavy (non-hydrogen) atoms. The van der Waals surface area contributed by atoms with Crippen molar-refractivity contribution in [3.63, 3.8) is 0 Å². The molecule has 1 fully saturated rings. The largest absolute Gasteiger partial charge is 0.462 e. The summed E-state index contributed by atoms with van der Waals surface area (Å²) in [4.78, 5) is 33.8. The van der Waals surface area contributed by atoms with E-state index in [4.69, 9.17) is 4.74 Å². The van der Waals surface area contributed by atoms with Crippen molar-refractivity contribution in [2.24, 2.45) is 0 Å². The van der Waals surface area contributed by atoms with Crippen molar-refractivity contribution in [2.45, 2.75) is 12.3 Å². The van der Waals surface area contributed by atoms with Gasteiger partial charge in [0.2, 0.25) is 0 Å². The lowest BCUT2D eigenvalue weighted by Gasteiger charge is -2.10. The van der Waals surface area contributed by atoms with Gasteiger partial charge < -0.3 is 10.1 Å². The highest BCUT2D eigenvalue weighted by atomic mass is 32.2. The summed E-state index contributed by atoms with van der Waals surface area (Å²) >= 11 is 0.885. The van der Waals surface area contributed by atoms with Gasteiger partial charge in [0.15, 0.2) is 5.37 Å². The Kier molecular flexibility index (Phi) is 4.06. The lowest BCUT2D eigenvalue weighted by atomic mass is 10.2. The molecule has 2 N–H and O–H groups in total. The first-order chi connectivity index (χ1) is 9.10. The molecule has 1 saturated heterocycles. The van der Waals surface area contributed by atoms with Crippen LogP contribution in [0, 0.1) is 0 Å². The van der Waals surface area contributed by atoms with Crippen molar-refractivity contribution in [2.75, 3.05) is 11.9 Å². The molecule has 1 aromatic rings. The van der Waals surface area contributed by atoms with E-state index in [0.29, 0.717) is 17.9 Å². The number of hydrogen-bond acceptors (Lipinski definition) is 6. The Morgan fingerprint density at radius 3 is 2.58 bits per heavy atom. The topological polar surface area (TPSA) is 84.5 Å². The zero-order chi connectivity index (χ0) is 13.8. The molecular formula is C12H12N2O4S. The number of imide groups is 1. The first-order valence-electron chi connectivity index (χ1n) is 5.65. The second kappa shape index (κ2) is 5.75. The van der Waals surface area contributed by atoms with Crippen LogP contribution in [0.2, 0.25) is 0 Å². The number of ether oxygens (including phenoxy) is 1. The van der Waals surface area contributed by atoms with Crippen molar-refractivity contribution < 1.29 is 19.1 Å². The lowest BCUT2D eigenvalue weighted by Crippen LogP contribution is -2.29. The lowest BCUT2D eigenvalue weighted by molar-refractivity contribution is -0.118. The fourth-order valence-corrected chi connectivity index (χ4v) is 2.25. The van der Waals surface area contributed by atoms with Crippen molar-refractivity contribution in [1.29, 1.82) is 0 Å². The van der Waals surface area contributed by atoms with Gasteiger partial charge >= 0.3 is 5.97 Å². The zero-order valence-corrected chi connectivity index (χ0v) is 11.0. The van der Waals surface area contributed by atoms with Gasteiger partial charge in [0.1, 0.15) is 0 Å². The van der Waals surface area contributed by atoms with Gasteiger partial charge in [-0.05, 0) is 43.0 Å². The summed E-state index contributed by atoms with van der Waals surface area (Å²) in [5.41, 5.74) is 1.09. The molecule has 2 rings (SSSR count). The third kappa shape index (κ3) is 3.25. The molecule has 1 atom stereocenters. The van der Waals surface area contributed by atoms with Crippen LogP contribution in [0.15, 0.2) is 24.3 Å². The van der Waals surface area contributed by atoms with Crippen molar-refractivity contribution in [3.8, 4) is 0 Å². The number of carbonyl (C=O) groups excluding carboxylic acids is 3. The minimum Gasteiger partial charge on any atom is -0.462 e. The first kappa shape index (κ1) is 13.4. The van der Waals surface area contributed by atoms with Crippen molar-refractivity contribution in [1.82, 2.24) is 5.32 Å². The maximum atomic E-state index is 11.4. The van der Waals surface area contributed by atoms with Gasteiger partial charge in [0, 0.05) is 5.69 Å². The van der Waals surface area contributed by atoms with Gasteiger partial charge in [-0.1, -0.05) is 0 Å². The van der Waals surface area contributed by atoms with Crippen LogP contribution in [0.3, 0.4) is 0 Å².